The molecule has 1 unspecified atom stereocenters. The number of aromatic nitrogens is 4. The van der Waals surface area contributed by atoms with Crippen LogP contribution in [0.15, 0.2) is 30.9 Å². The van der Waals surface area contributed by atoms with Crippen LogP contribution in [0.4, 0.5) is 9.18 Å². The zero-order valence-corrected chi connectivity index (χ0v) is 22.9. The van der Waals surface area contributed by atoms with Crippen molar-refractivity contribution in [1.29, 1.82) is 0 Å². The quantitative estimate of drug-likeness (QED) is 0.477. The summed E-state index contributed by atoms with van der Waals surface area (Å²) < 4.78 is 24.4. The lowest BCUT2D eigenvalue weighted by molar-refractivity contribution is 0.0204. The fraction of sp³-hybridized carbons (Fsp3) is 0.483. The number of likely N-dealkylation sites (tertiary alicyclic amines) is 1. The Hall–Kier alpha value is -4.02. The second kappa shape index (κ2) is 9.87. The number of piperidine rings is 1. The van der Waals surface area contributed by atoms with Gasteiger partial charge in [0.1, 0.15) is 17.5 Å². The molecule has 1 radical (unpaired) electrons. The van der Waals surface area contributed by atoms with Crippen molar-refractivity contribution in [3.63, 3.8) is 0 Å². The Balaban J connectivity index is 1.18. The highest BCUT2D eigenvalue weighted by molar-refractivity contribution is 6.00. The number of imidazole rings is 1. The van der Waals surface area contributed by atoms with Crippen LogP contribution >= 0.6 is 0 Å². The summed E-state index contributed by atoms with van der Waals surface area (Å²) in [5, 5.41) is 4.45. The van der Waals surface area contributed by atoms with E-state index in [1.54, 1.807) is 28.2 Å². The molecule has 2 amide bonds. The van der Waals surface area contributed by atoms with E-state index in [0.29, 0.717) is 24.5 Å². The number of aryl methyl sites for hydroxylation is 1. The highest BCUT2D eigenvalue weighted by Gasteiger charge is 2.39. The molecular weight excluding hydrogens is 515 g/mol. The molecule has 0 N–H and O–H groups in total. The van der Waals surface area contributed by atoms with Gasteiger partial charge in [-0.1, -0.05) is 0 Å². The van der Waals surface area contributed by atoms with Gasteiger partial charge in [0.25, 0.3) is 5.91 Å². The van der Waals surface area contributed by atoms with Gasteiger partial charge in [-0.3, -0.25) is 9.59 Å². The van der Waals surface area contributed by atoms with Crippen molar-refractivity contribution in [2.24, 2.45) is 0 Å². The number of fused-ring (bicyclic) bond motifs is 2. The number of nitrogens with zero attached hydrogens (tertiary/aromatic N) is 6. The number of ether oxygens (including phenoxy) is 1. The van der Waals surface area contributed by atoms with Gasteiger partial charge in [0.2, 0.25) is 6.29 Å². The second-order valence-electron chi connectivity index (χ2n) is 11.7. The Morgan fingerprint density at radius 2 is 1.98 bits per heavy atom. The molecule has 0 aliphatic carbocycles. The molecule has 3 aliphatic heterocycles. The van der Waals surface area contributed by atoms with Crippen LogP contribution in [-0.4, -0.2) is 66.1 Å². The van der Waals surface area contributed by atoms with Gasteiger partial charge in [-0.15, -0.1) is 0 Å². The van der Waals surface area contributed by atoms with Crippen molar-refractivity contribution in [2.45, 2.75) is 77.1 Å². The van der Waals surface area contributed by atoms with Crippen LogP contribution in [0.25, 0.3) is 5.69 Å². The molecule has 0 bridgehead atoms. The molecule has 1 atom stereocenters. The minimum atomic E-state index is -0.986. The summed E-state index contributed by atoms with van der Waals surface area (Å²) in [7, 11) is 0. The van der Waals surface area contributed by atoms with Crippen molar-refractivity contribution in [1.82, 2.24) is 29.1 Å². The molecule has 1 aromatic carbocycles. The summed E-state index contributed by atoms with van der Waals surface area (Å²) in [4.78, 5) is 45.3. The topological polar surface area (TPSA) is 103 Å². The van der Waals surface area contributed by atoms with Crippen LogP contribution in [0.1, 0.15) is 84.9 Å². The lowest BCUT2D eigenvalue weighted by Crippen LogP contribution is -2.41. The molecule has 1 fully saturated rings. The number of halogens is 1. The maximum Gasteiger partial charge on any atom is 0.410 e. The SMILES string of the molecule is CC(C)(C)OC(=O)N1CCC(c2cnn(-c3cc(F)c4c(c3)C(=O)N(C([C]=O)c3ncn5c3CCC5)C4)c2)CC1. The number of rotatable bonds is 5. The van der Waals surface area contributed by atoms with Crippen LogP contribution in [0.5, 0.6) is 0 Å². The zero-order chi connectivity index (χ0) is 28.2. The number of hydrogen-bond acceptors (Lipinski definition) is 6. The Bertz CT molecular complexity index is 1480. The van der Waals surface area contributed by atoms with Gasteiger partial charge in [-0.05, 0) is 70.1 Å². The van der Waals surface area contributed by atoms with Crippen LogP contribution in [-0.2, 0) is 29.0 Å². The van der Waals surface area contributed by atoms with Gasteiger partial charge < -0.3 is 19.1 Å². The number of carbonyl (C=O) groups excluding carboxylic acids is 3. The number of amides is 2. The van der Waals surface area contributed by atoms with Crippen LogP contribution < -0.4 is 0 Å². The summed E-state index contributed by atoms with van der Waals surface area (Å²) >= 11 is 0. The zero-order valence-electron chi connectivity index (χ0n) is 22.9. The summed E-state index contributed by atoms with van der Waals surface area (Å²) in [5.41, 5.74) is 2.80. The standard InChI is InChI=1S/C29H32FN6O4/c1-29(2,3)40-28(39)33-9-6-18(7-10-33)19-13-32-36(14-19)20-11-21-22(23(30)12-20)15-35(27(21)38)25(16-37)26-24-5-4-8-34(24)17-31-26/h11-14,17-18,25H,4-10,15H2,1-3H3. The maximum absolute atomic E-state index is 15.3. The van der Waals surface area contributed by atoms with E-state index < -0.39 is 23.4 Å². The van der Waals surface area contributed by atoms with Gasteiger partial charge in [-0.2, -0.15) is 5.10 Å². The number of carbonyl (C=O) groups is 2. The Morgan fingerprint density at radius 1 is 1.20 bits per heavy atom. The largest absolute Gasteiger partial charge is 0.444 e. The first-order valence-electron chi connectivity index (χ1n) is 13.7. The van der Waals surface area contributed by atoms with Crippen molar-refractivity contribution >= 4 is 18.3 Å². The van der Waals surface area contributed by atoms with Crippen LogP contribution in [0.2, 0.25) is 0 Å². The number of hydrogen-bond donors (Lipinski definition) is 0. The first kappa shape index (κ1) is 26.2. The van der Waals surface area contributed by atoms with Crippen LogP contribution in [0, 0.1) is 5.82 Å². The molecule has 3 aromatic rings. The predicted molar refractivity (Wildman–Crippen MR) is 142 cm³/mol. The Kier molecular flexibility index (Phi) is 6.47. The summed E-state index contributed by atoms with van der Waals surface area (Å²) in [6.45, 7) is 7.52. The van der Waals surface area contributed by atoms with E-state index in [-0.39, 0.29) is 29.7 Å². The molecule has 0 spiro atoms. The Labute approximate surface area is 231 Å². The van der Waals surface area contributed by atoms with E-state index in [1.807, 2.05) is 37.8 Å². The molecule has 0 saturated carbocycles. The molecule has 10 nitrogen and oxygen atoms in total. The molecule has 40 heavy (non-hydrogen) atoms. The van der Waals surface area contributed by atoms with E-state index in [4.69, 9.17) is 4.74 Å². The first-order chi connectivity index (χ1) is 19.1. The third kappa shape index (κ3) is 4.67. The molecule has 6 rings (SSSR count). The maximum atomic E-state index is 15.3. The van der Waals surface area contributed by atoms with Crippen molar-refractivity contribution in [2.75, 3.05) is 13.1 Å². The van der Waals surface area contributed by atoms with Gasteiger partial charge >= 0.3 is 6.09 Å². The van der Waals surface area contributed by atoms with E-state index in [2.05, 4.69) is 10.1 Å². The predicted octanol–water partition coefficient (Wildman–Crippen LogP) is 4.08. The molecule has 2 aromatic heterocycles. The van der Waals surface area contributed by atoms with Gasteiger partial charge in [-0.25, -0.2) is 18.9 Å². The fourth-order valence-electron chi connectivity index (χ4n) is 5.92. The van der Waals surface area contributed by atoms with E-state index in [9.17, 15) is 14.4 Å². The smallest absolute Gasteiger partial charge is 0.410 e. The lowest BCUT2D eigenvalue weighted by Gasteiger charge is -2.33. The minimum absolute atomic E-state index is 0.0208. The lowest BCUT2D eigenvalue weighted by atomic mass is 9.92. The minimum Gasteiger partial charge on any atom is -0.444 e. The van der Waals surface area contributed by atoms with Gasteiger partial charge in [0.05, 0.1) is 30.5 Å². The highest BCUT2D eigenvalue weighted by atomic mass is 19.1. The number of benzene rings is 1. The molecule has 5 heterocycles. The second-order valence-corrected chi connectivity index (χ2v) is 11.7. The van der Waals surface area contributed by atoms with Gasteiger partial charge in [0.15, 0.2) is 0 Å². The monoisotopic (exact) mass is 547 g/mol. The fourth-order valence-corrected chi connectivity index (χ4v) is 5.92. The summed E-state index contributed by atoms with van der Waals surface area (Å²) in [6, 6.07) is 2.01. The summed E-state index contributed by atoms with van der Waals surface area (Å²) in [6.07, 6.45) is 10.2. The average Bonchev–Trinajstić information content (AvgIpc) is 3.70. The third-order valence-electron chi connectivity index (χ3n) is 7.96. The molecule has 209 valence electrons. The summed E-state index contributed by atoms with van der Waals surface area (Å²) in [5.74, 6) is -0.749. The van der Waals surface area contributed by atoms with Crippen LogP contribution in [0.3, 0.4) is 0 Å². The van der Waals surface area contributed by atoms with Gasteiger partial charge in [0, 0.05) is 42.7 Å². The molecular formula is C29H32FN6O4. The van der Waals surface area contributed by atoms with Crippen molar-refractivity contribution in [3.05, 3.63) is 64.7 Å². The highest BCUT2D eigenvalue weighted by Crippen LogP contribution is 2.35. The van der Waals surface area contributed by atoms with E-state index in [0.717, 1.165) is 43.5 Å². The van der Waals surface area contributed by atoms with Crippen molar-refractivity contribution in [3.8, 4) is 5.69 Å². The normalized spacial score (nSPS) is 18.1. The molecule has 3 aliphatic rings. The first-order valence-corrected chi connectivity index (χ1v) is 13.7. The Morgan fingerprint density at radius 3 is 2.70 bits per heavy atom. The molecule has 11 heteroatoms. The van der Waals surface area contributed by atoms with E-state index >= 15 is 4.39 Å². The third-order valence-corrected chi connectivity index (χ3v) is 7.96. The van der Waals surface area contributed by atoms with E-state index in [1.165, 1.54) is 11.0 Å². The molecule has 1 saturated heterocycles. The van der Waals surface area contributed by atoms with Crippen molar-refractivity contribution < 1.29 is 23.5 Å². The average molecular weight is 548 g/mol.